The summed E-state index contributed by atoms with van der Waals surface area (Å²) in [7, 11) is 0. The van der Waals surface area contributed by atoms with Crippen molar-refractivity contribution in [2.75, 3.05) is 5.32 Å². The molecule has 0 aromatic carbocycles. The predicted molar refractivity (Wildman–Crippen MR) is 57.9 cm³/mol. The zero-order valence-corrected chi connectivity index (χ0v) is 9.30. The molecule has 1 aromatic heterocycles. The Labute approximate surface area is 93.1 Å². The Kier molecular flexibility index (Phi) is 2.58. The number of hydrogen-bond acceptors (Lipinski definition) is 3. The number of anilines is 1. The van der Waals surface area contributed by atoms with Gasteiger partial charge in [-0.15, -0.1) is 0 Å². The highest BCUT2D eigenvalue weighted by Crippen LogP contribution is 2.40. The van der Waals surface area contributed by atoms with E-state index < -0.39 is 11.6 Å². The van der Waals surface area contributed by atoms with Crippen LogP contribution in [0.3, 0.4) is 0 Å². The van der Waals surface area contributed by atoms with Crippen molar-refractivity contribution in [2.45, 2.75) is 32.4 Å². The number of nitrogens with zero attached hydrogens (tertiary/aromatic N) is 1. The minimum Gasteiger partial charge on any atom is -0.364 e. The van der Waals surface area contributed by atoms with Gasteiger partial charge in [-0.25, -0.2) is 13.8 Å². The standard InChI is InChI=1S/C11H15F2N3/c1-11(2)8(14)4-9(11)16-10-7(13)3-6(12)5-15-10/h3,5,8-9H,4,14H2,1-2H3,(H,15,16). The van der Waals surface area contributed by atoms with Crippen molar-refractivity contribution in [3.8, 4) is 0 Å². The van der Waals surface area contributed by atoms with Crippen LogP contribution in [0, 0.1) is 17.0 Å². The summed E-state index contributed by atoms with van der Waals surface area (Å²) < 4.78 is 26.0. The van der Waals surface area contributed by atoms with Crippen molar-refractivity contribution >= 4 is 5.82 Å². The zero-order valence-electron chi connectivity index (χ0n) is 9.30. The molecule has 0 aliphatic heterocycles. The molecule has 0 radical (unpaired) electrons. The van der Waals surface area contributed by atoms with Crippen LogP contribution >= 0.6 is 0 Å². The van der Waals surface area contributed by atoms with Gasteiger partial charge in [0.1, 0.15) is 5.82 Å². The summed E-state index contributed by atoms with van der Waals surface area (Å²) in [5.74, 6) is -1.25. The third kappa shape index (κ3) is 1.75. The van der Waals surface area contributed by atoms with E-state index in [9.17, 15) is 8.78 Å². The van der Waals surface area contributed by atoms with Gasteiger partial charge in [-0.3, -0.25) is 0 Å². The number of rotatable bonds is 2. The van der Waals surface area contributed by atoms with Gasteiger partial charge in [0, 0.05) is 23.6 Å². The SMILES string of the molecule is CC1(C)C(N)CC1Nc1ncc(F)cc1F. The summed E-state index contributed by atoms with van der Waals surface area (Å²) in [4.78, 5) is 3.69. The molecule has 2 rings (SSSR count). The maximum atomic E-state index is 13.3. The molecule has 5 heteroatoms. The van der Waals surface area contributed by atoms with Crippen LogP contribution in [0.25, 0.3) is 0 Å². The summed E-state index contributed by atoms with van der Waals surface area (Å²) in [6, 6.07) is 1.00. The van der Waals surface area contributed by atoms with Gasteiger partial charge in [-0.05, 0) is 6.42 Å². The Hall–Kier alpha value is -1.23. The number of pyridine rings is 1. The Morgan fingerprint density at radius 3 is 2.69 bits per heavy atom. The molecule has 1 fully saturated rings. The number of nitrogens with two attached hydrogens (primary N) is 1. The van der Waals surface area contributed by atoms with E-state index in [-0.39, 0.29) is 23.3 Å². The van der Waals surface area contributed by atoms with Gasteiger partial charge in [0.25, 0.3) is 0 Å². The largest absolute Gasteiger partial charge is 0.364 e. The smallest absolute Gasteiger partial charge is 0.168 e. The van der Waals surface area contributed by atoms with Gasteiger partial charge >= 0.3 is 0 Å². The first-order chi connectivity index (χ1) is 7.41. The number of aromatic nitrogens is 1. The van der Waals surface area contributed by atoms with E-state index in [1.54, 1.807) is 0 Å². The topological polar surface area (TPSA) is 50.9 Å². The van der Waals surface area contributed by atoms with E-state index >= 15 is 0 Å². The van der Waals surface area contributed by atoms with Crippen molar-refractivity contribution in [2.24, 2.45) is 11.1 Å². The molecule has 88 valence electrons. The van der Waals surface area contributed by atoms with Crippen LogP contribution in [0.15, 0.2) is 12.3 Å². The Bertz CT molecular complexity index is 406. The number of hydrogen-bond donors (Lipinski definition) is 2. The lowest BCUT2D eigenvalue weighted by molar-refractivity contribution is 0.116. The Morgan fingerprint density at radius 2 is 2.19 bits per heavy atom. The van der Waals surface area contributed by atoms with Crippen molar-refractivity contribution in [3.05, 3.63) is 23.9 Å². The fraction of sp³-hybridized carbons (Fsp3) is 0.545. The molecule has 1 heterocycles. The van der Waals surface area contributed by atoms with Gasteiger partial charge in [-0.1, -0.05) is 13.8 Å². The van der Waals surface area contributed by atoms with Gasteiger partial charge in [0.05, 0.1) is 6.20 Å². The lowest BCUT2D eigenvalue weighted by Gasteiger charge is -2.50. The molecular formula is C11H15F2N3. The van der Waals surface area contributed by atoms with E-state index in [0.29, 0.717) is 0 Å². The zero-order chi connectivity index (χ0) is 11.9. The normalized spacial score (nSPS) is 27.3. The fourth-order valence-corrected chi connectivity index (χ4v) is 1.89. The molecule has 2 atom stereocenters. The van der Waals surface area contributed by atoms with Crippen molar-refractivity contribution in [3.63, 3.8) is 0 Å². The second kappa shape index (κ2) is 3.66. The molecule has 1 aromatic rings. The number of nitrogens with one attached hydrogen (secondary N) is 1. The van der Waals surface area contributed by atoms with Crippen LogP contribution in [0.4, 0.5) is 14.6 Å². The van der Waals surface area contributed by atoms with Crippen LogP contribution in [-0.2, 0) is 0 Å². The molecule has 2 unspecified atom stereocenters. The molecule has 3 N–H and O–H groups in total. The molecular weight excluding hydrogens is 212 g/mol. The first-order valence-corrected chi connectivity index (χ1v) is 5.24. The van der Waals surface area contributed by atoms with E-state index in [0.717, 1.165) is 18.7 Å². The van der Waals surface area contributed by atoms with Crippen LogP contribution in [0.1, 0.15) is 20.3 Å². The third-order valence-electron chi connectivity index (χ3n) is 3.46. The molecule has 0 amide bonds. The highest BCUT2D eigenvalue weighted by molar-refractivity contribution is 5.39. The van der Waals surface area contributed by atoms with Gasteiger partial charge < -0.3 is 11.1 Å². The molecule has 0 spiro atoms. The molecule has 1 aliphatic carbocycles. The molecule has 0 bridgehead atoms. The molecule has 16 heavy (non-hydrogen) atoms. The van der Waals surface area contributed by atoms with Crippen molar-refractivity contribution < 1.29 is 8.78 Å². The first-order valence-electron chi connectivity index (χ1n) is 5.24. The van der Waals surface area contributed by atoms with E-state index in [1.807, 2.05) is 13.8 Å². The van der Waals surface area contributed by atoms with Gasteiger partial charge in [0.2, 0.25) is 0 Å². The molecule has 1 saturated carbocycles. The summed E-state index contributed by atoms with van der Waals surface area (Å²) in [6.07, 6.45) is 1.77. The van der Waals surface area contributed by atoms with Crippen LogP contribution in [0.2, 0.25) is 0 Å². The maximum absolute atomic E-state index is 13.3. The lowest BCUT2D eigenvalue weighted by Crippen LogP contribution is -2.61. The van der Waals surface area contributed by atoms with Crippen LogP contribution < -0.4 is 11.1 Å². The van der Waals surface area contributed by atoms with Crippen LogP contribution in [-0.4, -0.2) is 17.1 Å². The summed E-state index contributed by atoms with van der Waals surface area (Å²) in [5.41, 5.74) is 5.75. The average molecular weight is 227 g/mol. The molecule has 0 saturated heterocycles. The number of halogens is 2. The quantitative estimate of drug-likeness (QED) is 0.811. The minimum absolute atomic E-state index is 0.0787. The maximum Gasteiger partial charge on any atom is 0.168 e. The summed E-state index contributed by atoms with van der Waals surface area (Å²) >= 11 is 0. The summed E-state index contributed by atoms with van der Waals surface area (Å²) in [5, 5.41) is 2.96. The van der Waals surface area contributed by atoms with Crippen LogP contribution in [0.5, 0.6) is 0 Å². The van der Waals surface area contributed by atoms with Crippen molar-refractivity contribution in [1.29, 1.82) is 0 Å². The fourth-order valence-electron chi connectivity index (χ4n) is 1.89. The highest BCUT2D eigenvalue weighted by Gasteiger charge is 2.46. The predicted octanol–water partition coefficient (Wildman–Crippen LogP) is 1.90. The Balaban J connectivity index is 2.11. The average Bonchev–Trinajstić information content (AvgIpc) is 2.21. The van der Waals surface area contributed by atoms with Crippen molar-refractivity contribution in [1.82, 2.24) is 4.98 Å². The Morgan fingerprint density at radius 1 is 1.50 bits per heavy atom. The van der Waals surface area contributed by atoms with E-state index in [2.05, 4.69) is 10.3 Å². The minimum atomic E-state index is -0.673. The van der Waals surface area contributed by atoms with E-state index in [1.165, 1.54) is 0 Å². The monoisotopic (exact) mass is 227 g/mol. The first kappa shape index (κ1) is 11.3. The third-order valence-corrected chi connectivity index (χ3v) is 3.46. The highest BCUT2D eigenvalue weighted by atomic mass is 19.1. The van der Waals surface area contributed by atoms with E-state index in [4.69, 9.17) is 5.73 Å². The second-order valence-electron chi connectivity index (χ2n) is 4.84. The second-order valence-corrected chi connectivity index (χ2v) is 4.84. The summed E-state index contributed by atoms with van der Waals surface area (Å²) in [6.45, 7) is 4.03. The molecule has 3 nitrogen and oxygen atoms in total. The lowest BCUT2D eigenvalue weighted by atomic mass is 9.63. The molecule has 1 aliphatic rings. The van der Waals surface area contributed by atoms with Gasteiger partial charge in [0.15, 0.2) is 11.6 Å². The van der Waals surface area contributed by atoms with Gasteiger partial charge in [-0.2, -0.15) is 0 Å².